The second kappa shape index (κ2) is 11.4. The molecule has 2 fully saturated rings. The third-order valence-electron chi connectivity index (χ3n) is 6.11. The zero-order valence-corrected chi connectivity index (χ0v) is 20.0. The summed E-state index contributed by atoms with van der Waals surface area (Å²) >= 11 is 0. The summed E-state index contributed by atoms with van der Waals surface area (Å²) in [5.74, 6) is 0.0118. The number of hydrogen-bond acceptors (Lipinski definition) is 5. The van der Waals surface area contributed by atoms with Gasteiger partial charge in [0.1, 0.15) is 18.2 Å². The average Bonchev–Trinajstić information content (AvgIpc) is 2.81. The van der Waals surface area contributed by atoms with Gasteiger partial charge in [-0.05, 0) is 45.1 Å². The van der Waals surface area contributed by atoms with Crippen LogP contribution in [0.2, 0.25) is 0 Å². The normalized spacial score (nSPS) is 18.4. The van der Waals surface area contributed by atoms with E-state index in [0.29, 0.717) is 26.2 Å². The molecule has 1 saturated heterocycles. The number of alkyl carbamates (subject to hydrolysis) is 1. The van der Waals surface area contributed by atoms with E-state index in [-0.39, 0.29) is 24.5 Å². The molecule has 1 saturated carbocycles. The molecule has 1 aliphatic carbocycles. The van der Waals surface area contributed by atoms with E-state index in [2.05, 4.69) is 5.32 Å². The molecular formula is C25H37N3O5. The smallest absolute Gasteiger partial charge is 0.410 e. The highest BCUT2D eigenvalue weighted by molar-refractivity contribution is 5.86. The lowest BCUT2D eigenvalue weighted by Gasteiger charge is -2.38. The molecule has 1 unspecified atom stereocenters. The van der Waals surface area contributed by atoms with E-state index in [1.165, 1.54) is 0 Å². The number of benzene rings is 1. The van der Waals surface area contributed by atoms with E-state index in [9.17, 15) is 14.4 Å². The second-order valence-corrected chi connectivity index (χ2v) is 9.87. The van der Waals surface area contributed by atoms with Gasteiger partial charge in [-0.15, -0.1) is 0 Å². The van der Waals surface area contributed by atoms with Gasteiger partial charge in [0.15, 0.2) is 0 Å². The van der Waals surface area contributed by atoms with Gasteiger partial charge in [0.25, 0.3) is 0 Å². The molecule has 1 aromatic carbocycles. The first kappa shape index (κ1) is 24.9. The molecule has 1 N–H and O–H groups in total. The summed E-state index contributed by atoms with van der Waals surface area (Å²) in [5, 5.41) is 2.86. The Balaban J connectivity index is 1.54. The Morgan fingerprint density at radius 3 is 2.18 bits per heavy atom. The first-order valence-electron chi connectivity index (χ1n) is 12.0. The van der Waals surface area contributed by atoms with Crippen molar-refractivity contribution in [3.05, 3.63) is 35.9 Å². The van der Waals surface area contributed by atoms with Crippen LogP contribution in [-0.4, -0.2) is 65.7 Å². The first-order chi connectivity index (χ1) is 15.7. The van der Waals surface area contributed by atoms with Gasteiger partial charge in [0.05, 0.1) is 0 Å². The Morgan fingerprint density at radius 1 is 0.970 bits per heavy atom. The van der Waals surface area contributed by atoms with Crippen molar-refractivity contribution < 1.29 is 23.9 Å². The second-order valence-electron chi connectivity index (χ2n) is 9.87. The maximum Gasteiger partial charge on any atom is 0.410 e. The summed E-state index contributed by atoms with van der Waals surface area (Å²) in [6.07, 6.45) is 4.18. The monoisotopic (exact) mass is 459 g/mol. The summed E-state index contributed by atoms with van der Waals surface area (Å²) < 4.78 is 10.8. The van der Waals surface area contributed by atoms with Crippen LogP contribution < -0.4 is 5.32 Å². The molecule has 1 heterocycles. The maximum absolute atomic E-state index is 13.4. The van der Waals surface area contributed by atoms with E-state index in [0.717, 1.165) is 37.7 Å². The van der Waals surface area contributed by atoms with Crippen molar-refractivity contribution in [1.82, 2.24) is 15.1 Å². The zero-order valence-electron chi connectivity index (χ0n) is 20.0. The van der Waals surface area contributed by atoms with Crippen molar-refractivity contribution in [3.8, 4) is 0 Å². The van der Waals surface area contributed by atoms with Crippen LogP contribution >= 0.6 is 0 Å². The molecule has 8 nitrogen and oxygen atoms in total. The highest BCUT2D eigenvalue weighted by Crippen LogP contribution is 2.28. The Labute approximate surface area is 196 Å². The van der Waals surface area contributed by atoms with Crippen molar-refractivity contribution in [2.75, 3.05) is 26.2 Å². The van der Waals surface area contributed by atoms with Crippen LogP contribution in [0.4, 0.5) is 9.59 Å². The van der Waals surface area contributed by atoms with Crippen molar-refractivity contribution in [2.24, 2.45) is 5.92 Å². The molecule has 2 aliphatic rings. The van der Waals surface area contributed by atoms with Crippen LogP contribution in [0.5, 0.6) is 0 Å². The summed E-state index contributed by atoms with van der Waals surface area (Å²) in [6, 6.07) is 8.94. The molecule has 1 atom stereocenters. The summed E-state index contributed by atoms with van der Waals surface area (Å²) in [4.78, 5) is 41.7. The van der Waals surface area contributed by atoms with E-state index in [4.69, 9.17) is 9.47 Å². The van der Waals surface area contributed by atoms with Gasteiger partial charge in [-0.2, -0.15) is 0 Å². The van der Waals surface area contributed by atoms with E-state index < -0.39 is 17.7 Å². The zero-order chi connectivity index (χ0) is 23.8. The molecule has 0 aromatic heterocycles. The molecule has 182 valence electrons. The van der Waals surface area contributed by atoms with Gasteiger partial charge in [-0.3, -0.25) is 4.79 Å². The van der Waals surface area contributed by atoms with Gasteiger partial charge < -0.3 is 24.6 Å². The fourth-order valence-electron chi connectivity index (χ4n) is 4.40. The Bertz CT molecular complexity index is 794. The van der Waals surface area contributed by atoms with Crippen LogP contribution in [0.3, 0.4) is 0 Å². The molecule has 3 amide bonds. The van der Waals surface area contributed by atoms with Crippen LogP contribution in [0.15, 0.2) is 30.3 Å². The lowest BCUT2D eigenvalue weighted by molar-refractivity contribution is -0.136. The molecule has 1 aliphatic heterocycles. The number of rotatable bonds is 5. The molecule has 33 heavy (non-hydrogen) atoms. The number of nitrogens with one attached hydrogen (secondary N) is 1. The quantitative estimate of drug-likeness (QED) is 0.721. The standard InChI is InChI=1S/C25H37N3O5/c1-25(2,3)33-23(30)26-21(20-12-8-5-9-13-20)22(29)27-14-16-28(17-15-27)24(31)32-18-19-10-6-4-7-11-19/h4,6-7,10-11,20-21H,5,8-9,12-18H2,1-3H3,(H,26,30). The van der Waals surface area contributed by atoms with Gasteiger partial charge in [-0.1, -0.05) is 49.6 Å². The van der Waals surface area contributed by atoms with Crippen molar-refractivity contribution >= 4 is 18.1 Å². The average molecular weight is 460 g/mol. The minimum atomic E-state index is -0.629. The predicted octanol–water partition coefficient (Wildman–Crippen LogP) is 3.94. The van der Waals surface area contributed by atoms with Crippen LogP contribution in [0.1, 0.15) is 58.4 Å². The number of amides is 3. The number of piperazine rings is 1. The largest absolute Gasteiger partial charge is 0.445 e. The number of ether oxygens (including phenoxy) is 2. The Kier molecular flexibility index (Phi) is 8.58. The topological polar surface area (TPSA) is 88.2 Å². The molecule has 0 radical (unpaired) electrons. The minimum absolute atomic E-state index is 0.0925. The van der Waals surface area contributed by atoms with Crippen molar-refractivity contribution in [1.29, 1.82) is 0 Å². The summed E-state index contributed by atoms with van der Waals surface area (Å²) in [7, 11) is 0. The highest BCUT2D eigenvalue weighted by atomic mass is 16.6. The fraction of sp³-hybridized carbons (Fsp3) is 0.640. The third-order valence-corrected chi connectivity index (χ3v) is 6.11. The van der Waals surface area contributed by atoms with E-state index in [1.54, 1.807) is 30.6 Å². The van der Waals surface area contributed by atoms with Gasteiger partial charge in [-0.25, -0.2) is 9.59 Å². The number of nitrogens with zero attached hydrogens (tertiary/aromatic N) is 2. The van der Waals surface area contributed by atoms with Crippen molar-refractivity contribution in [3.63, 3.8) is 0 Å². The first-order valence-corrected chi connectivity index (χ1v) is 12.0. The number of carbonyl (C=O) groups is 3. The summed E-state index contributed by atoms with van der Waals surface area (Å²) in [6.45, 7) is 7.28. The molecule has 1 aromatic rings. The molecule has 0 bridgehead atoms. The minimum Gasteiger partial charge on any atom is -0.445 e. The molecular weight excluding hydrogens is 422 g/mol. The maximum atomic E-state index is 13.4. The SMILES string of the molecule is CC(C)(C)OC(=O)NC(C(=O)N1CCN(C(=O)OCc2ccccc2)CC1)C1CCCCC1. The highest BCUT2D eigenvalue weighted by Gasteiger charge is 2.36. The van der Waals surface area contributed by atoms with Crippen LogP contribution in [-0.2, 0) is 20.9 Å². The summed E-state index contributed by atoms with van der Waals surface area (Å²) in [5.41, 5.74) is 0.305. The molecule has 3 rings (SSSR count). The van der Waals surface area contributed by atoms with E-state index in [1.807, 2.05) is 30.3 Å². The fourth-order valence-corrected chi connectivity index (χ4v) is 4.40. The molecule has 8 heteroatoms. The van der Waals surface area contributed by atoms with Gasteiger partial charge in [0, 0.05) is 26.2 Å². The third kappa shape index (κ3) is 7.65. The Hall–Kier alpha value is -2.77. The predicted molar refractivity (Wildman–Crippen MR) is 125 cm³/mol. The van der Waals surface area contributed by atoms with Crippen molar-refractivity contribution in [2.45, 2.75) is 71.1 Å². The molecule has 0 spiro atoms. The lowest BCUT2D eigenvalue weighted by Crippen LogP contribution is -2.58. The van der Waals surface area contributed by atoms with Crippen LogP contribution in [0.25, 0.3) is 0 Å². The van der Waals surface area contributed by atoms with Gasteiger partial charge in [0.2, 0.25) is 5.91 Å². The number of carbonyl (C=O) groups excluding carboxylic acids is 3. The lowest BCUT2D eigenvalue weighted by atomic mass is 9.83. The van der Waals surface area contributed by atoms with Crippen LogP contribution in [0, 0.1) is 5.92 Å². The van der Waals surface area contributed by atoms with E-state index >= 15 is 0 Å². The van der Waals surface area contributed by atoms with Gasteiger partial charge >= 0.3 is 12.2 Å². The Morgan fingerprint density at radius 2 is 1.58 bits per heavy atom. The number of hydrogen-bond donors (Lipinski definition) is 1.